The quantitative estimate of drug-likeness (QED) is 0.371. The SMILES string of the molecule is ClP(Oc1cccc2ccccc12)Oc1cccc2ccccc12. The molecule has 0 N–H and O–H groups in total. The molecule has 2 nitrogen and oxygen atoms in total. The second kappa shape index (κ2) is 6.68. The van der Waals surface area contributed by atoms with Gasteiger partial charge in [0.05, 0.1) is 0 Å². The minimum atomic E-state index is -1.61. The van der Waals surface area contributed by atoms with E-state index in [-0.39, 0.29) is 0 Å². The third kappa shape index (κ3) is 3.03. The summed E-state index contributed by atoms with van der Waals surface area (Å²) in [6, 6.07) is 27.9. The van der Waals surface area contributed by atoms with Crippen LogP contribution in [0.5, 0.6) is 11.5 Å². The Morgan fingerprint density at radius 2 is 0.958 bits per heavy atom. The summed E-state index contributed by atoms with van der Waals surface area (Å²) in [7, 11) is -1.61. The molecule has 0 saturated heterocycles. The molecule has 0 spiro atoms. The summed E-state index contributed by atoms with van der Waals surface area (Å²) in [5, 5.41) is 4.27. The molecule has 118 valence electrons. The van der Waals surface area contributed by atoms with Gasteiger partial charge in [-0.3, -0.25) is 0 Å². The van der Waals surface area contributed by atoms with E-state index in [2.05, 4.69) is 0 Å². The van der Waals surface area contributed by atoms with Gasteiger partial charge in [-0.15, -0.1) is 0 Å². The first kappa shape index (κ1) is 15.3. The molecular weight excluding hydrogens is 339 g/mol. The van der Waals surface area contributed by atoms with Gasteiger partial charge in [0, 0.05) is 10.8 Å². The highest BCUT2D eigenvalue weighted by molar-refractivity contribution is 7.76. The highest BCUT2D eigenvalue weighted by Gasteiger charge is 2.14. The number of hydrogen-bond donors (Lipinski definition) is 0. The molecule has 0 aliphatic carbocycles. The van der Waals surface area contributed by atoms with Crippen LogP contribution in [-0.4, -0.2) is 0 Å². The summed E-state index contributed by atoms with van der Waals surface area (Å²) in [6.07, 6.45) is 0. The van der Waals surface area contributed by atoms with E-state index in [4.69, 9.17) is 20.3 Å². The van der Waals surface area contributed by atoms with Gasteiger partial charge < -0.3 is 9.05 Å². The van der Waals surface area contributed by atoms with Gasteiger partial charge in [0.1, 0.15) is 11.5 Å². The zero-order valence-corrected chi connectivity index (χ0v) is 14.4. The average Bonchev–Trinajstić information content (AvgIpc) is 2.62. The molecule has 4 heteroatoms. The molecular formula is C20H14ClO2P. The van der Waals surface area contributed by atoms with Crippen LogP contribution in [0.15, 0.2) is 84.9 Å². The van der Waals surface area contributed by atoms with Gasteiger partial charge in [-0.05, 0) is 34.1 Å². The molecule has 0 aromatic heterocycles. The van der Waals surface area contributed by atoms with Gasteiger partial charge in [0.15, 0.2) is 0 Å². The fourth-order valence-electron chi connectivity index (χ4n) is 2.72. The number of fused-ring (bicyclic) bond motifs is 2. The largest absolute Gasteiger partial charge is 0.427 e. The first-order valence-corrected chi connectivity index (χ1v) is 9.67. The number of halogens is 1. The van der Waals surface area contributed by atoms with E-state index in [0.29, 0.717) is 0 Å². The lowest BCUT2D eigenvalue weighted by molar-refractivity contribution is 0.514. The summed E-state index contributed by atoms with van der Waals surface area (Å²) >= 11 is 6.37. The Labute approximate surface area is 146 Å². The lowest BCUT2D eigenvalue weighted by Gasteiger charge is -2.15. The van der Waals surface area contributed by atoms with Crippen molar-refractivity contribution < 1.29 is 9.05 Å². The molecule has 0 radical (unpaired) electrons. The van der Waals surface area contributed by atoms with Gasteiger partial charge in [-0.2, -0.15) is 0 Å². The summed E-state index contributed by atoms with van der Waals surface area (Å²) in [6.45, 7) is 0. The van der Waals surface area contributed by atoms with E-state index in [0.717, 1.165) is 33.0 Å². The van der Waals surface area contributed by atoms with Gasteiger partial charge in [0.2, 0.25) is 0 Å². The van der Waals surface area contributed by atoms with Crippen molar-refractivity contribution in [3.63, 3.8) is 0 Å². The molecule has 4 aromatic rings. The molecule has 0 bridgehead atoms. The maximum absolute atomic E-state index is 6.37. The molecule has 4 rings (SSSR count). The van der Waals surface area contributed by atoms with Crippen LogP contribution < -0.4 is 9.05 Å². The van der Waals surface area contributed by atoms with Crippen molar-refractivity contribution in [1.82, 2.24) is 0 Å². The maximum atomic E-state index is 6.37. The smallest absolute Gasteiger partial charge is 0.401 e. The summed E-state index contributed by atoms with van der Waals surface area (Å²) < 4.78 is 11.8. The summed E-state index contributed by atoms with van der Waals surface area (Å²) in [4.78, 5) is 0. The van der Waals surface area contributed by atoms with Crippen molar-refractivity contribution in [1.29, 1.82) is 0 Å². The van der Waals surface area contributed by atoms with Gasteiger partial charge in [-0.25, -0.2) is 0 Å². The second-order valence-corrected chi connectivity index (χ2v) is 6.97. The van der Waals surface area contributed by atoms with Crippen LogP contribution in [0.4, 0.5) is 0 Å². The lowest BCUT2D eigenvalue weighted by atomic mass is 10.1. The van der Waals surface area contributed by atoms with E-state index >= 15 is 0 Å². The topological polar surface area (TPSA) is 18.5 Å². The van der Waals surface area contributed by atoms with Crippen molar-refractivity contribution in [3.8, 4) is 11.5 Å². The van der Waals surface area contributed by atoms with Gasteiger partial charge >= 0.3 is 7.73 Å². The van der Waals surface area contributed by atoms with E-state index in [1.807, 2.05) is 84.9 Å². The minimum Gasteiger partial charge on any atom is -0.427 e. The Kier molecular flexibility index (Phi) is 4.25. The van der Waals surface area contributed by atoms with E-state index < -0.39 is 7.73 Å². The molecule has 0 unspecified atom stereocenters. The van der Waals surface area contributed by atoms with Crippen LogP contribution in [-0.2, 0) is 0 Å². The molecule has 0 heterocycles. The van der Waals surface area contributed by atoms with Crippen LogP contribution in [0.2, 0.25) is 0 Å². The Hall–Kier alpha value is -2.28. The zero-order valence-electron chi connectivity index (χ0n) is 12.7. The number of rotatable bonds is 4. The van der Waals surface area contributed by atoms with Crippen LogP contribution in [0.3, 0.4) is 0 Å². The molecule has 24 heavy (non-hydrogen) atoms. The molecule has 0 atom stereocenters. The van der Waals surface area contributed by atoms with Gasteiger partial charge in [-0.1, -0.05) is 72.8 Å². The van der Waals surface area contributed by atoms with Crippen LogP contribution in [0, 0.1) is 0 Å². The minimum absolute atomic E-state index is 0.731. The Morgan fingerprint density at radius 3 is 1.46 bits per heavy atom. The summed E-state index contributed by atoms with van der Waals surface area (Å²) in [5.41, 5.74) is 0. The predicted octanol–water partition coefficient (Wildman–Crippen LogP) is 6.92. The third-order valence-electron chi connectivity index (χ3n) is 3.84. The first-order valence-electron chi connectivity index (χ1n) is 7.59. The Bertz CT molecular complexity index is 911. The zero-order chi connectivity index (χ0) is 16.4. The van der Waals surface area contributed by atoms with E-state index in [1.54, 1.807) is 0 Å². The van der Waals surface area contributed by atoms with Crippen LogP contribution in [0.25, 0.3) is 21.5 Å². The maximum Gasteiger partial charge on any atom is 0.401 e. The fourth-order valence-corrected chi connectivity index (χ4v) is 3.83. The third-order valence-corrected chi connectivity index (χ3v) is 4.93. The number of benzene rings is 4. The molecule has 4 aromatic carbocycles. The second-order valence-electron chi connectivity index (χ2n) is 5.35. The standard InChI is InChI=1S/C20H14ClO2P/c21-24(22-19-13-5-9-15-7-1-3-11-17(15)19)23-20-14-6-10-16-8-2-4-12-18(16)20/h1-14H. The monoisotopic (exact) mass is 352 g/mol. The fraction of sp³-hybridized carbons (Fsp3) is 0. The summed E-state index contributed by atoms with van der Waals surface area (Å²) in [5.74, 6) is 1.46. The Balaban J connectivity index is 1.61. The lowest BCUT2D eigenvalue weighted by Crippen LogP contribution is -1.92. The van der Waals surface area contributed by atoms with Crippen molar-refractivity contribution >= 4 is 40.5 Å². The van der Waals surface area contributed by atoms with Crippen molar-refractivity contribution in [3.05, 3.63) is 84.9 Å². The molecule has 0 fully saturated rings. The predicted molar refractivity (Wildman–Crippen MR) is 102 cm³/mol. The van der Waals surface area contributed by atoms with Crippen LogP contribution in [0.1, 0.15) is 0 Å². The molecule has 0 saturated carbocycles. The Morgan fingerprint density at radius 1 is 0.542 bits per heavy atom. The first-order chi connectivity index (χ1) is 11.8. The molecule has 0 aliphatic rings. The number of hydrogen-bond acceptors (Lipinski definition) is 2. The van der Waals surface area contributed by atoms with Crippen molar-refractivity contribution in [2.45, 2.75) is 0 Å². The van der Waals surface area contributed by atoms with E-state index in [9.17, 15) is 0 Å². The highest BCUT2D eigenvalue weighted by atomic mass is 35.7. The van der Waals surface area contributed by atoms with Crippen LogP contribution >= 0.6 is 19.0 Å². The normalized spacial score (nSPS) is 11.1. The average molecular weight is 353 g/mol. The van der Waals surface area contributed by atoms with E-state index in [1.165, 1.54) is 0 Å². The van der Waals surface area contributed by atoms with Crippen molar-refractivity contribution in [2.75, 3.05) is 0 Å². The van der Waals surface area contributed by atoms with Crippen molar-refractivity contribution in [2.24, 2.45) is 0 Å². The highest BCUT2D eigenvalue weighted by Crippen LogP contribution is 2.47. The molecule has 0 amide bonds. The molecule has 0 aliphatic heterocycles. The van der Waals surface area contributed by atoms with Gasteiger partial charge in [0.25, 0.3) is 0 Å².